The van der Waals surface area contributed by atoms with Crippen LogP contribution >= 0.6 is 11.6 Å². The Labute approximate surface area is 144 Å². The van der Waals surface area contributed by atoms with E-state index in [2.05, 4.69) is 31.2 Å². The topological polar surface area (TPSA) is 18.5 Å². The molecule has 0 N–H and O–H groups in total. The van der Waals surface area contributed by atoms with Crippen LogP contribution in [0.15, 0.2) is 36.4 Å². The summed E-state index contributed by atoms with van der Waals surface area (Å²) in [6, 6.07) is 8.35. The summed E-state index contributed by atoms with van der Waals surface area (Å²) in [5, 5.41) is 0.818. The maximum Gasteiger partial charge on any atom is 0.160 e. The Morgan fingerprint density at radius 3 is 2.30 bits per heavy atom. The minimum atomic E-state index is 0.0167. The molecule has 23 heavy (non-hydrogen) atoms. The van der Waals surface area contributed by atoms with Crippen LogP contribution in [0.3, 0.4) is 0 Å². The van der Waals surface area contributed by atoms with Crippen LogP contribution in [0.5, 0.6) is 0 Å². The average molecular weight is 335 g/mol. The fourth-order valence-corrected chi connectivity index (χ4v) is 3.88. The van der Waals surface area contributed by atoms with Crippen LogP contribution in [-0.4, -0.2) is 19.5 Å². The monoisotopic (exact) mass is 334 g/mol. The number of allylic oxidation sites excluding steroid dienone is 2. The van der Waals surface area contributed by atoms with Gasteiger partial charge in [0.2, 0.25) is 0 Å². The third kappa shape index (κ3) is 4.59. The fraction of sp³-hybridized carbons (Fsp3) is 0.600. The van der Waals surface area contributed by atoms with Crippen LogP contribution in [-0.2, 0) is 9.47 Å². The Balaban J connectivity index is 1.45. The first-order valence-electron chi connectivity index (χ1n) is 8.86. The normalized spacial score (nSPS) is 32.3. The highest BCUT2D eigenvalue weighted by Crippen LogP contribution is 2.39. The number of hydrogen-bond acceptors (Lipinski definition) is 2. The smallest absolute Gasteiger partial charge is 0.160 e. The summed E-state index contributed by atoms with van der Waals surface area (Å²) in [5.41, 5.74) is 1.42. The molecule has 0 aromatic heterocycles. The summed E-state index contributed by atoms with van der Waals surface area (Å²) in [6.07, 6.45) is 10.2. The van der Waals surface area contributed by atoms with E-state index in [1.807, 2.05) is 12.1 Å². The van der Waals surface area contributed by atoms with Crippen LogP contribution in [0, 0.1) is 11.8 Å². The molecule has 3 heteroatoms. The van der Waals surface area contributed by atoms with Crippen molar-refractivity contribution in [3.8, 4) is 0 Å². The number of halogens is 1. The first-order valence-corrected chi connectivity index (χ1v) is 9.24. The highest BCUT2D eigenvalue weighted by molar-refractivity contribution is 6.30. The number of rotatable bonds is 4. The summed E-state index contributed by atoms with van der Waals surface area (Å²) in [5.74, 6) is 1.74. The quantitative estimate of drug-likeness (QED) is 0.670. The van der Waals surface area contributed by atoms with Crippen molar-refractivity contribution in [2.45, 2.75) is 51.2 Å². The second-order valence-corrected chi connectivity index (χ2v) is 7.31. The van der Waals surface area contributed by atoms with Gasteiger partial charge in [-0.25, -0.2) is 0 Å². The van der Waals surface area contributed by atoms with Crippen LogP contribution in [0.1, 0.15) is 50.5 Å². The molecule has 2 aliphatic rings. The maximum absolute atomic E-state index is 6.01. The molecule has 0 spiro atoms. The molecule has 1 aromatic rings. The zero-order chi connectivity index (χ0) is 16.1. The predicted molar refractivity (Wildman–Crippen MR) is 94.8 cm³/mol. The van der Waals surface area contributed by atoms with Crippen LogP contribution in [0.25, 0.3) is 0 Å². The molecule has 1 saturated carbocycles. The largest absolute Gasteiger partial charge is 0.352 e. The Bertz CT molecular complexity index is 495. The lowest BCUT2D eigenvalue weighted by Crippen LogP contribution is -2.38. The SMILES string of the molecule is CC=CCC1COC(C2CCC(c3ccc(Cl)cc3)CC2)OC1. The van der Waals surface area contributed by atoms with E-state index in [-0.39, 0.29) is 6.29 Å². The van der Waals surface area contributed by atoms with Gasteiger partial charge in [-0.2, -0.15) is 0 Å². The summed E-state index contributed by atoms with van der Waals surface area (Å²) < 4.78 is 12.0. The minimum Gasteiger partial charge on any atom is -0.352 e. The standard InChI is InChI=1S/C20H27ClO2/c1-2-3-4-15-13-22-20(23-14-15)18-7-5-16(6-8-18)17-9-11-19(21)12-10-17/h2-3,9-12,15-16,18,20H,4-8,13-14H2,1H3. The van der Waals surface area contributed by atoms with E-state index in [9.17, 15) is 0 Å². The molecule has 1 aliphatic heterocycles. The molecular weight excluding hydrogens is 308 g/mol. The highest BCUT2D eigenvalue weighted by atomic mass is 35.5. The van der Waals surface area contributed by atoms with Gasteiger partial charge in [0.05, 0.1) is 13.2 Å². The first kappa shape index (κ1) is 17.0. The third-order valence-electron chi connectivity index (χ3n) is 5.20. The van der Waals surface area contributed by atoms with E-state index in [1.54, 1.807) is 0 Å². The van der Waals surface area contributed by atoms with Gasteiger partial charge in [0, 0.05) is 16.9 Å². The second-order valence-electron chi connectivity index (χ2n) is 6.87. The molecule has 0 radical (unpaired) electrons. The number of benzene rings is 1. The molecule has 1 aliphatic carbocycles. The van der Waals surface area contributed by atoms with E-state index in [0.29, 0.717) is 17.8 Å². The molecule has 1 aromatic carbocycles. The van der Waals surface area contributed by atoms with Gasteiger partial charge < -0.3 is 9.47 Å². The summed E-state index contributed by atoms with van der Waals surface area (Å²) >= 11 is 5.98. The molecule has 2 fully saturated rings. The van der Waals surface area contributed by atoms with Gasteiger partial charge in [0.1, 0.15) is 0 Å². The number of ether oxygens (including phenoxy) is 2. The molecule has 3 rings (SSSR count). The molecule has 1 saturated heterocycles. The molecule has 0 bridgehead atoms. The predicted octanol–water partition coefficient (Wildman–Crippen LogP) is 5.57. The molecular formula is C20H27ClO2. The first-order chi connectivity index (χ1) is 11.3. The molecule has 0 atom stereocenters. The van der Waals surface area contributed by atoms with E-state index in [4.69, 9.17) is 21.1 Å². The van der Waals surface area contributed by atoms with Crippen molar-refractivity contribution < 1.29 is 9.47 Å². The van der Waals surface area contributed by atoms with Crippen molar-refractivity contribution in [1.82, 2.24) is 0 Å². The van der Waals surface area contributed by atoms with Crippen LogP contribution in [0.4, 0.5) is 0 Å². The fourth-order valence-electron chi connectivity index (χ4n) is 3.75. The molecule has 126 valence electrons. The lowest BCUT2D eigenvalue weighted by Gasteiger charge is -2.37. The van der Waals surface area contributed by atoms with Crippen molar-refractivity contribution in [1.29, 1.82) is 0 Å². The van der Waals surface area contributed by atoms with E-state index >= 15 is 0 Å². The van der Waals surface area contributed by atoms with Crippen molar-refractivity contribution in [3.05, 3.63) is 47.0 Å². The summed E-state index contributed by atoms with van der Waals surface area (Å²) in [7, 11) is 0. The summed E-state index contributed by atoms with van der Waals surface area (Å²) in [4.78, 5) is 0. The highest BCUT2D eigenvalue weighted by Gasteiger charge is 2.32. The Kier molecular flexibility index (Phi) is 6.15. The van der Waals surface area contributed by atoms with Crippen molar-refractivity contribution in [2.75, 3.05) is 13.2 Å². The van der Waals surface area contributed by atoms with Gasteiger partial charge in [-0.15, -0.1) is 0 Å². The van der Waals surface area contributed by atoms with Gasteiger partial charge >= 0.3 is 0 Å². The second kappa shape index (κ2) is 8.32. The van der Waals surface area contributed by atoms with Gasteiger partial charge in [-0.05, 0) is 62.6 Å². The molecule has 1 heterocycles. The summed E-state index contributed by atoms with van der Waals surface area (Å²) in [6.45, 7) is 3.74. The van der Waals surface area contributed by atoms with Gasteiger partial charge in [0.15, 0.2) is 6.29 Å². The zero-order valence-corrected chi connectivity index (χ0v) is 14.7. The minimum absolute atomic E-state index is 0.0167. The van der Waals surface area contributed by atoms with Crippen LogP contribution in [0.2, 0.25) is 5.02 Å². The van der Waals surface area contributed by atoms with Gasteiger partial charge in [-0.1, -0.05) is 35.9 Å². The van der Waals surface area contributed by atoms with Crippen molar-refractivity contribution in [3.63, 3.8) is 0 Å². The Morgan fingerprint density at radius 2 is 1.70 bits per heavy atom. The lowest BCUT2D eigenvalue weighted by molar-refractivity contribution is -0.228. The van der Waals surface area contributed by atoms with E-state index in [0.717, 1.165) is 24.7 Å². The molecule has 0 amide bonds. The van der Waals surface area contributed by atoms with Gasteiger partial charge in [0.25, 0.3) is 0 Å². The molecule has 2 nitrogen and oxygen atoms in total. The lowest BCUT2D eigenvalue weighted by atomic mass is 9.78. The van der Waals surface area contributed by atoms with Crippen LogP contribution < -0.4 is 0 Å². The Morgan fingerprint density at radius 1 is 1.04 bits per heavy atom. The van der Waals surface area contributed by atoms with E-state index in [1.165, 1.54) is 31.2 Å². The van der Waals surface area contributed by atoms with Crippen molar-refractivity contribution in [2.24, 2.45) is 11.8 Å². The Hall–Kier alpha value is -0.830. The average Bonchev–Trinajstić information content (AvgIpc) is 2.61. The zero-order valence-electron chi connectivity index (χ0n) is 13.9. The number of hydrogen-bond donors (Lipinski definition) is 0. The third-order valence-corrected chi connectivity index (χ3v) is 5.45. The van der Waals surface area contributed by atoms with Crippen molar-refractivity contribution >= 4 is 11.6 Å². The maximum atomic E-state index is 6.01. The molecule has 0 unspecified atom stereocenters. The van der Waals surface area contributed by atoms with E-state index < -0.39 is 0 Å². The van der Waals surface area contributed by atoms with Gasteiger partial charge in [-0.3, -0.25) is 0 Å².